The lowest BCUT2D eigenvalue weighted by Gasteiger charge is -2.18. The van der Waals surface area contributed by atoms with E-state index < -0.39 is 0 Å². The van der Waals surface area contributed by atoms with Gasteiger partial charge in [0.05, 0.1) is 0 Å². The zero-order chi connectivity index (χ0) is 14.5. The van der Waals surface area contributed by atoms with Crippen molar-refractivity contribution in [2.24, 2.45) is 5.73 Å². The third-order valence-electron chi connectivity index (χ3n) is 3.06. The summed E-state index contributed by atoms with van der Waals surface area (Å²) in [7, 11) is 1.99. The van der Waals surface area contributed by atoms with Gasteiger partial charge in [-0.25, -0.2) is 4.39 Å². The van der Waals surface area contributed by atoms with Crippen molar-refractivity contribution in [3.05, 3.63) is 71.0 Å². The standard InChI is InChI=1S/C16H17FN2S/c1-19(10-12-5-4-7-14(17)9-12)11-13-6-2-3-8-15(13)16(18)20/h2-9H,10-11H2,1H3,(H2,18,20). The number of rotatable bonds is 5. The van der Waals surface area contributed by atoms with Gasteiger partial charge in [0, 0.05) is 18.7 Å². The third kappa shape index (κ3) is 3.85. The van der Waals surface area contributed by atoms with Gasteiger partial charge in [-0.3, -0.25) is 4.90 Å². The second-order valence-electron chi connectivity index (χ2n) is 4.82. The molecule has 104 valence electrons. The molecule has 0 saturated carbocycles. The molecule has 2 nitrogen and oxygen atoms in total. The van der Waals surface area contributed by atoms with E-state index in [4.69, 9.17) is 18.0 Å². The first-order valence-electron chi connectivity index (χ1n) is 6.37. The topological polar surface area (TPSA) is 29.3 Å². The average molecular weight is 288 g/mol. The van der Waals surface area contributed by atoms with Crippen LogP contribution in [0.25, 0.3) is 0 Å². The molecule has 2 aromatic rings. The highest BCUT2D eigenvalue weighted by atomic mass is 32.1. The summed E-state index contributed by atoms with van der Waals surface area (Å²) in [5, 5.41) is 0. The van der Waals surface area contributed by atoms with Crippen LogP contribution in [0.4, 0.5) is 4.39 Å². The van der Waals surface area contributed by atoms with Crippen LogP contribution in [0.15, 0.2) is 48.5 Å². The Labute approximate surface area is 124 Å². The quantitative estimate of drug-likeness (QED) is 0.857. The van der Waals surface area contributed by atoms with Crippen LogP contribution >= 0.6 is 12.2 Å². The monoisotopic (exact) mass is 288 g/mol. The normalized spacial score (nSPS) is 10.8. The molecule has 0 heterocycles. The first-order chi connectivity index (χ1) is 9.56. The van der Waals surface area contributed by atoms with Crippen LogP contribution < -0.4 is 5.73 Å². The predicted octanol–water partition coefficient (Wildman–Crippen LogP) is 3.09. The fraction of sp³-hybridized carbons (Fsp3) is 0.188. The molecule has 0 aliphatic carbocycles. The Balaban J connectivity index is 2.08. The van der Waals surface area contributed by atoms with Gasteiger partial charge in [0.1, 0.15) is 10.8 Å². The highest BCUT2D eigenvalue weighted by Gasteiger charge is 2.08. The van der Waals surface area contributed by atoms with E-state index in [0.717, 1.165) is 16.7 Å². The molecule has 0 amide bonds. The SMILES string of the molecule is CN(Cc1cccc(F)c1)Cc1ccccc1C(N)=S. The molecular weight excluding hydrogens is 271 g/mol. The van der Waals surface area contributed by atoms with E-state index in [1.54, 1.807) is 12.1 Å². The van der Waals surface area contributed by atoms with E-state index in [1.165, 1.54) is 6.07 Å². The summed E-state index contributed by atoms with van der Waals surface area (Å²) in [6, 6.07) is 14.5. The molecule has 0 radical (unpaired) electrons. The van der Waals surface area contributed by atoms with E-state index in [1.807, 2.05) is 37.4 Å². The number of hydrogen-bond acceptors (Lipinski definition) is 2. The Morgan fingerprint density at radius 1 is 1.15 bits per heavy atom. The fourth-order valence-corrected chi connectivity index (χ4v) is 2.39. The number of nitrogens with zero attached hydrogens (tertiary/aromatic N) is 1. The molecule has 2 N–H and O–H groups in total. The van der Waals surface area contributed by atoms with Crippen molar-refractivity contribution in [1.82, 2.24) is 4.90 Å². The minimum absolute atomic E-state index is 0.209. The molecule has 0 aromatic heterocycles. The van der Waals surface area contributed by atoms with Crippen molar-refractivity contribution in [1.29, 1.82) is 0 Å². The van der Waals surface area contributed by atoms with Crippen molar-refractivity contribution < 1.29 is 4.39 Å². The molecule has 0 fully saturated rings. The van der Waals surface area contributed by atoms with Crippen LogP contribution in [0, 0.1) is 5.82 Å². The number of halogens is 1. The van der Waals surface area contributed by atoms with Crippen molar-refractivity contribution >= 4 is 17.2 Å². The van der Waals surface area contributed by atoms with Crippen LogP contribution in [0.2, 0.25) is 0 Å². The second kappa shape index (κ2) is 6.59. The van der Waals surface area contributed by atoms with Crippen molar-refractivity contribution in [2.75, 3.05) is 7.05 Å². The maximum Gasteiger partial charge on any atom is 0.123 e. The number of thiocarbonyl (C=S) groups is 1. The first kappa shape index (κ1) is 14.6. The lowest BCUT2D eigenvalue weighted by atomic mass is 10.1. The minimum atomic E-state index is -0.209. The third-order valence-corrected chi connectivity index (χ3v) is 3.28. The Morgan fingerprint density at radius 3 is 2.60 bits per heavy atom. The van der Waals surface area contributed by atoms with Crippen molar-refractivity contribution in [3.63, 3.8) is 0 Å². The van der Waals surface area contributed by atoms with Crippen LogP contribution in [0.1, 0.15) is 16.7 Å². The average Bonchev–Trinajstić information content (AvgIpc) is 2.38. The molecule has 0 saturated heterocycles. The Morgan fingerprint density at radius 2 is 1.90 bits per heavy atom. The van der Waals surface area contributed by atoms with Crippen LogP contribution in [0.3, 0.4) is 0 Å². The van der Waals surface area contributed by atoms with Gasteiger partial charge in [-0.15, -0.1) is 0 Å². The molecule has 4 heteroatoms. The van der Waals surface area contributed by atoms with Gasteiger partial charge in [0.15, 0.2) is 0 Å². The smallest absolute Gasteiger partial charge is 0.123 e. The lowest BCUT2D eigenvalue weighted by molar-refractivity contribution is 0.318. The van der Waals surface area contributed by atoms with E-state index in [9.17, 15) is 4.39 Å². The summed E-state index contributed by atoms with van der Waals surface area (Å²) in [5.41, 5.74) is 8.65. The number of hydrogen-bond donors (Lipinski definition) is 1. The fourth-order valence-electron chi connectivity index (χ4n) is 2.19. The molecule has 0 unspecified atom stereocenters. The van der Waals surface area contributed by atoms with Crippen LogP contribution in [0.5, 0.6) is 0 Å². The summed E-state index contributed by atoms with van der Waals surface area (Å²) in [6.45, 7) is 1.38. The predicted molar refractivity (Wildman–Crippen MR) is 83.9 cm³/mol. The highest BCUT2D eigenvalue weighted by molar-refractivity contribution is 7.80. The molecule has 0 atom stereocenters. The first-order valence-corrected chi connectivity index (χ1v) is 6.78. The highest BCUT2D eigenvalue weighted by Crippen LogP contribution is 2.13. The van der Waals surface area contributed by atoms with E-state index in [0.29, 0.717) is 18.1 Å². The van der Waals surface area contributed by atoms with Gasteiger partial charge < -0.3 is 5.73 Å². The van der Waals surface area contributed by atoms with Gasteiger partial charge >= 0.3 is 0 Å². The lowest BCUT2D eigenvalue weighted by Crippen LogP contribution is -2.20. The molecule has 2 rings (SSSR count). The summed E-state index contributed by atoms with van der Waals surface area (Å²) in [6.07, 6.45) is 0. The van der Waals surface area contributed by atoms with Crippen molar-refractivity contribution in [2.45, 2.75) is 13.1 Å². The Bertz CT molecular complexity index is 613. The van der Waals surface area contributed by atoms with Crippen molar-refractivity contribution in [3.8, 4) is 0 Å². The zero-order valence-corrected chi connectivity index (χ0v) is 12.2. The summed E-state index contributed by atoms with van der Waals surface area (Å²) in [5.74, 6) is -0.209. The molecule has 20 heavy (non-hydrogen) atoms. The van der Waals surface area contributed by atoms with Crippen LogP contribution in [-0.4, -0.2) is 16.9 Å². The molecule has 0 aliphatic rings. The minimum Gasteiger partial charge on any atom is -0.389 e. The summed E-state index contributed by atoms with van der Waals surface area (Å²) < 4.78 is 13.2. The molecule has 0 spiro atoms. The van der Waals surface area contributed by atoms with Gasteiger partial charge in [0.2, 0.25) is 0 Å². The molecule has 0 aliphatic heterocycles. The maximum absolute atomic E-state index is 13.2. The van der Waals surface area contributed by atoms with Crippen LogP contribution in [-0.2, 0) is 13.1 Å². The maximum atomic E-state index is 13.2. The van der Waals surface area contributed by atoms with Gasteiger partial charge in [-0.1, -0.05) is 48.6 Å². The molecule has 0 bridgehead atoms. The zero-order valence-electron chi connectivity index (χ0n) is 11.3. The van der Waals surface area contributed by atoms with Gasteiger partial charge in [-0.05, 0) is 30.3 Å². The Hall–Kier alpha value is -1.78. The van der Waals surface area contributed by atoms with E-state index >= 15 is 0 Å². The summed E-state index contributed by atoms with van der Waals surface area (Å²) >= 11 is 5.06. The molecule has 2 aromatic carbocycles. The number of nitrogens with two attached hydrogens (primary N) is 1. The largest absolute Gasteiger partial charge is 0.389 e. The molecular formula is C16H17FN2S. The van der Waals surface area contributed by atoms with Gasteiger partial charge in [0.25, 0.3) is 0 Å². The summed E-state index contributed by atoms with van der Waals surface area (Å²) in [4.78, 5) is 2.51. The van der Waals surface area contributed by atoms with Gasteiger partial charge in [-0.2, -0.15) is 0 Å². The Kier molecular flexibility index (Phi) is 4.82. The van der Waals surface area contributed by atoms with E-state index in [2.05, 4.69) is 4.90 Å². The van der Waals surface area contributed by atoms with E-state index in [-0.39, 0.29) is 5.82 Å². The second-order valence-corrected chi connectivity index (χ2v) is 5.26. The number of benzene rings is 2.